The highest BCUT2D eigenvalue weighted by Gasteiger charge is 2.15. The van der Waals surface area contributed by atoms with Gasteiger partial charge in [0, 0.05) is 18.8 Å². The van der Waals surface area contributed by atoms with Crippen LogP contribution in [0, 0.1) is 6.92 Å². The average molecular weight is 376 g/mol. The summed E-state index contributed by atoms with van der Waals surface area (Å²) < 4.78 is 7.64. The van der Waals surface area contributed by atoms with Crippen molar-refractivity contribution in [1.29, 1.82) is 0 Å². The van der Waals surface area contributed by atoms with Gasteiger partial charge >= 0.3 is 0 Å². The third-order valence-electron chi connectivity index (χ3n) is 4.66. The largest absolute Gasteiger partial charge is 0.378 e. The number of rotatable bonds is 3. The van der Waals surface area contributed by atoms with E-state index < -0.39 is 0 Å². The fourth-order valence-electron chi connectivity index (χ4n) is 3.29. The number of fused-ring (bicyclic) bond motifs is 1. The summed E-state index contributed by atoms with van der Waals surface area (Å²) >= 11 is 12.5. The number of aryl methyl sites for hydroxylation is 1. The molecule has 0 N–H and O–H groups in total. The maximum Gasteiger partial charge on any atom is 0.107 e. The van der Waals surface area contributed by atoms with Crippen LogP contribution >= 0.6 is 23.2 Å². The zero-order valence-electron chi connectivity index (χ0n) is 14.0. The van der Waals surface area contributed by atoms with Crippen LogP contribution in [0.15, 0.2) is 36.4 Å². The summed E-state index contributed by atoms with van der Waals surface area (Å²) in [5, 5.41) is 1.19. The molecule has 2 heterocycles. The second-order valence-corrected chi connectivity index (χ2v) is 7.02. The smallest absolute Gasteiger partial charge is 0.107 e. The summed E-state index contributed by atoms with van der Waals surface area (Å²) in [6, 6.07) is 12.2. The molecule has 0 atom stereocenters. The van der Waals surface area contributed by atoms with Crippen LogP contribution in [0.1, 0.15) is 11.4 Å². The number of halogens is 2. The Labute approximate surface area is 156 Å². The van der Waals surface area contributed by atoms with E-state index in [4.69, 9.17) is 32.9 Å². The van der Waals surface area contributed by atoms with Gasteiger partial charge in [-0.2, -0.15) is 0 Å². The monoisotopic (exact) mass is 375 g/mol. The maximum atomic E-state index is 6.38. The summed E-state index contributed by atoms with van der Waals surface area (Å²) in [5.74, 6) is 0.963. The molecular formula is C19H19Cl2N3O. The molecular weight excluding hydrogens is 357 g/mol. The third kappa shape index (κ3) is 3.22. The first-order valence-electron chi connectivity index (χ1n) is 8.36. The Morgan fingerprint density at radius 1 is 1.12 bits per heavy atom. The molecule has 0 spiro atoms. The molecule has 25 heavy (non-hydrogen) atoms. The first kappa shape index (κ1) is 16.7. The minimum atomic E-state index is 0.579. The lowest BCUT2D eigenvalue weighted by atomic mass is 10.2. The van der Waals surface area contributed by atoms with Crippen LogP contribution in [-0.2, 0) is 11.3 Å². The van der Waals surface area contributed by atoms with E-state index in [9.17, 15) is 0 Å². The van der Waals surface area contributed by atoms with Crippen molar-refractivity contribution in [1.82, 2.24) is 9.55 Å². The standard InChI is InChI=1S/C19H19Cl2N3O/c1-13-22-17-6-5-15(23-7-9-25-10-8-23)11-18(17)24(13)12-14-3-2-4-16(20)19(14)21/h2-6,11H,7-10,12H2,1H3. The van der Waals surface area contributed by atoms with Gasteiger partial charge in [0.25, 0.3) is 0 Å². The third-order valence-corrected chi connectivity index (χ3v) is 5.52. The zero-order valence-corrected chi connectivity index (χ0v) is 15.5. The summed E-state index contributed by atoms with van der Waals surface area (Å²) in [6.45, 7) is 6.04. The number of morpholine rings is 1. The predicted octanol–water partition coefficient (Wildman–Crippen LogP) is 4.54. The van der Waals surface area contributed by atoms with Crippen molar-refractivity contribution < 1.29 is 4.74 Å². The van der Waals surface area contributed by atoms with E-state index in [0.29, 0.717) is 16.6 Å². The minimum absolute atomic E-state index is 0.579. The molecule has 2 aromatic carbocycles. The number of benzene rings is 2. The number of hydrogen-bond donors (Lipinski definition) is 0. The lowest BCUT2D eigenvalue weighted by Crippen LogP contribution is -2.36. The SMILES string of the molecule is Cc1nc2ccc(N3CCOCC3)cc2n1Cc1cccc(Cl)c1Cl. The number of aromatic nitrogens is 2. The van der Waals surface area contributed by atoms with E-state index in [1.54, 1.807) is 0 Å². The quantitative estimate of drug-likeness (QED) is 0.673. The molecule has 6 heteroatoms. The minimum Gasteiger partial charge on any atom is -0.378 e. The maximum absolute atomic E-state index is 6.38. The van der Waals surface area contributed by atoms with Crippen molar-refractivity contribution in [2.75, 3.05) is 31.2 Å². The fourth-order valence-corrected chi connectivity index (χ4v) is 3.67. The van der Waals surface area contributed by atoms with Crippen molar-refractivity contribution in [2.24, 2.45) is 0 Å². The van der Waals surface area contributed by atoms with E-state index >= 15 is 0 Å². The normalized spacial score (nSPS) is 15.1. The highest BCUT2D eigenvalue weighted by Crippen LogP contribution is 2.29. The molecule has 0 saturated carbocycles. The van der Waals surface area contributed by atoms with Gasteiger partial charge in [-0.1, -0.05) is 35.3 Å². The van der Waals surface area contributed by atoms with Gasteiger partial charge in [-0.3, -0.25) is 0 Å². The number of hydrogen-bond acceptors (Lipinski definition) is 3. The van der Waals surface area contributed by atoms with Crippen molar-refractivity contribution in [3.05, 3.63) is 57.8 Å². The van der Waals surface area contributed by atoms with Gasteiger partial charge in [-0.05, 0) is 36.8 Å². The Morgan fingerprint density at radius 2 is 1.92 bits per heavy atom. The van der Waals surface area contributed by atoms with Gasteiger partial charge in [-0.15, -0.1) is 0 Å². The summed E-state index contributed by atoms with van der Waals surface area (Å²) in [6.07, 6.45) is 0. The molecule has 130 valence electrons. The Kier molecular flexibility index (Phi) is 4.59. The highest BCUT2D eigenvalue weighted by atomic mass is 35.5. The molecule has 0 unspecified atom stereocenters. The molecule has 1 saturated heterocycles. The van der Waals surface area contributed by atoms with E-state index in [-0.39, 0.29) is 0 Å². The Bertz CT molecular complexity index is 916. The fraction of sp³-hybridized carbons (Fsp3) is 0.316. The molecule has 3 aromatic rings. The number of ether oxygens (including phenoxy) is 1. The topological polar surface area (TPSA) is 30.3 Å². The van der Waals surface area contributed by atoms with Crippen molar-refractivity contribution in [3.63, 3.8) is 0 Å². The zero-order chi connectivity index (χ0) is 17.4. The van der Waals surface area contributed by atoms with Gasteiger partial charge in [0.1, 0.15) is 5.82 Å². The molecule has 0 aliphatic carbocycles. The predicted molar refractivity (Wildman–Crippen MR) is 103 cm³/mol. The first-order chi connectivity index (χ1) is 12.1. The van der Waals surface area contributed by atoms with Crippen LogP contribution in [0.3, 0.4) is 0 Å². The molecule has 0 bridgehead atoms. The molecule has 0 amide bonds. The number of imidazole rings is 1. The van der Waals surface area contributed by atoms with E-state index in [1.165, 1.54) is 5.69 Å². The average Bonchev–Trinajstić information content (AvgIpc) is 2.94. The second-order valence-electron chi connectivity index (χ2n) is 6.23. The van der Waals surface area contributed by atoms with E-state index in [2.05, 4.69) is 27.7 Å². The lowest BCUT2D eigenvalue weighted by Gasteiger charge is -2.28. The molecule has 0 radical (unpaired) electrons. The summed E-state index contributed by atoms with van der Waals surface area (Å²) in [5.41, 5.74) is 4.30. The molecule has 1 aromatic heterocycles. The molecule has 1 aliphatic rings. The number of anilines is 1. The van der Waals surface area contributed by atoms with E-state index in [1.807, 2.05) is 25.1 Å². The van der Waals surface area contributed by atoms with Crippen molar-refractivity contribution in [3.8, 4) is 0 Å². The van der Waals surface area contributed by atoms with Gasteiger partial charge in [0.2, 0.25) is 0 Å². The Hall–Kier alpha value is -1.75. The molecule has 4 rings (SSSR count). The molecule has 1 fully saturated rings. The summed E-state index contributed by atoms with van der Waals surface area (Å²) in [4.78, 5) is 7.04. The highest BCUT2D eigenvalue weighted by molar-refractivity contribution is 6.42. The van der Waals surface area contributed by atoms with E-state index in [0.717, 1.165) is 48.7 Å². The second kappa shape index (κ2) is 6.87. The van der Waals surface area contributed by atoms with Crippen molar-refractivity contribution >= 4 is 39.9 Å². The Morgan fingerprint density at radius 3 is 2.72 bits per heavy atom. The number of nitrogens with zero attached hydrogens (tertiary/aromatic N) is 3. The summed E-state index contributed by atoms with van der Waals surface area (Å²) in [7, 11) is 0. The van der Waals surface area contributed by atoms with Gasteiger partial charge in [-0.25, -0.2) is 4.98 Å². The first-order valence-corrected chi connectivity index (χ1v) is 9.11. The Balaban J connectivity index is 1.74. The molecule has 1 aliphatic heterocycles. The lowest BCUT2D eigenvalue weighted by molar-refractivity contribution is 0.122. The molecule has 4 nitrogen and oxygen atoms in total. The van der Waals surface area contributed by atoms with Crippen LogP contribution in [0.5, 0.6) is 0 Å². The van der Waals surface area contributed by atoms with Crippen LogP contribution in [0.2, 0.25) is 10.0 Å². The van der Waals surface area contributed by atoms with Crippen LogP contribution < -0.4 is 4.90 Å². The van der Waals surface area contributed by atoms with Crippen LogP contribution in [-0.4, -0.2) is 35.9 Å². The van der Waals surface area contributed by atoms with Crippen LogP contribution in [0.4, 0.5) is 5.69 Å². The van der Waals surface area contributed by atoms with Crippen LogP contribution in [0.25, 0.3) is 11.0 Å². The van der Waals surface area contributed by atoms with Crippen molar-refractivity contribution in [2.45, 2.75) is 13.5 Å². The van der Waals surface area contributed by atoms with Gasteiger partial charge < -0.3 is 14.2 Å². The van der Waals surface area contributed by atoms with Gasteiger partial charge in [0.05, 0.1) is 40.8 Å². The van der Waals surface area contributed by atoms with Gasteiger partial charge in [0.15, 0.2) is 0 Å².